The maximum Gasteiger partial charge on any atom is 0.336 e. The fourth-order valence-electron chi connectivity index (χ4n) is 2.84. The smallest absolute Gasteiger partial charge is 0.336 e. The van der Waals surface area contributed by atoms with Crippen LogP contribution in [0.3, 0.4) is 0 Å². The molecule has 0 atom stereocenters. The van der Waals surface area contributed by atoms with Gasteiger partial charge < -0.3 is 10.2 Å². The number of hydrogen-bond donors (Lipinski definition) is 2. The van der Waals surface area contributed by atoms with E-state index in [4.69, 9.17) is 5.11 Å². The first kappa shape index (κ1) is 12.4. The molecular formula is C16H12O4. The third kappa shape index (κ3) is 1.77. The summed E-state index contributed by atoms with van der Waals surface area (Å²) in [7, 11) is 0. The summed E-state index contributed by atoms with van der Waals surface area (Å²) in [6.07, 6.45) is 1.28. The molecule has 1 aliphatic rings. The molecule has 2 N–H and O–H groups in total. The Kier molecular flexibility index (Phi) is 2.79. The van der Waals surface area contributed by atoms with Gasteiger partial charge in [-0.3, -0.25) is 0 Å². The molecule has 0 bridgehead atoms. The average molecular weight is 268 g/mol. The summed E-state index contributed by atoms with van der Waals surface area (Å²) < 4.78 is 0. The number of aryl methyl sites for hydroxylation is 1. The molecule has 0 unspecified atom stereocenters. The number of aromatic carboxylic acids is 2. The molecule has 3 rings (SSSR count). The summed E-state index contributed by atoms with van der Waals surface area (Å²) in [5, 5.41) is 18.5. The van der Waals surface area contributed by atoms with E-state index in [1.165, 1.54) is 11.6 Å². The van der Waals surface area contributed by atoms with Crippen LogP contribution in [0.1, 0.15) is 31.8 Å². The second-order valence-electron chi connectivity index (χ2n) is 4.78. The molecule has 4 heteroatoms. The predicted octanol–water partition coefficient (Wildman–Crippen LogP) is 2.85. The molecule has 0 aromatic heterocycles. The summed E-state index contributed by atoms with van der Waals surface area (Å²) in [4.78, 5) is 22.6. The van der Waals surface area contributed by atoms with Crippen LogP contribution >= 0.6 is 0 Å². The molecule has 0 heterocycles. The lowest BCUT2D eigenvalue weighted by Crippen LogP contribution is -2.15. The van der Waals surface area contributed by atoms with Gasteiger partial charge in [-0.05, 0) is 41.2 Å². The monoisotopic (exact) mass is 268 g/mol. The Morgan fingerprint density at radius 2 is 1.60 bits per heavy atom. The molecule has 0 radical (unpaired) electrons. The van der Waals surface area contributed by atoms with Crippen LogP contribution < -0.4 is 0 Å². The maximum absolute atomic E-state index is 11.4. The number of benzene rings is 2. The van der Waals surface area contributed by atoms with Crippen molar-refractivity contribution in [3.8, 4) is 11.1 Å². The molecule has 2 aromatic carbocycles. The van der Waals surface area contributed by atoms with Crippen molar-refractivity contribution < 1.29 is 19.8 Å². The number of carbonyl (C=O) groups is 2. The second-order valence-corrected chi connectivity index (χ2v) is 4.78. The highest BCUT2D eigenvalue weighted by Crippen LogP contribution is 2.36. The molecule has 100 valence electrons. The Morgan fingerprint density at radius 1 is 0.850 bits per heavy atom. The number of hydrogen-bond acceptors (Lipinski definition) is 2. The standard InChI is InChI=1S/C16H12O4/c17-15(18)13-8-7-11-10-4-2-1-3-9(10)5-6-12(11)14(13)16(19)20/h1-4,7-8H,5-6H2,(H,17,18)(H,19,20). The summed E-state index contributed by atoms with van der Waals surface area (Å²) in [5.74, 6) is -2.39. The molecule has 0 saturated heterocycles. The highest BCUT2D eigenvalue weighted by atomic mass is 16.4. The summed E-state index contributed by atoms with van der Waals surface area (Å²) >= 11 is 0. The average Bonchev–Trinajstić information content (AvgIpc) is 2.45. The minimum atomic E-state index is -1.20. The molecule has 2 aromatic rings. The molecule has 0 spiro atoms. The van der Waals surface area contributed by atoms with Crippen molar-refractivity contribution in [1.82, 2.24) is 0 Å². The quantitative estimate of drug-likeness (QED) is 0.878. The Labute approximate surface area is 115 Å². The molecule has 0 saturated carbocycles. The number of carboxylic acids is 2. The molecule has 1 aliphatic carbocycles. The second kappa shape index (κ2) is 4.49. The Hall–Kier alpha value is -2.62. The number of rotatable bonds is 2. The fourth-order valence-corrected chi connectivity index (χ4v) is 2.84. The van der Waals surface area contributed by atoms with Gasteiger partial charge in [-0.2, -0.15) is 0 Å². The zero-order valence-electron chi connectivity index (χ0n) is 10.6. The van der Waals surface area contributed by atoms with E-state index in [2.05, 4.69) is 0 Å². The van der Waals surface area contributed by atoms with Crippen molar-refractivity contribution in [2.75, 3.05) is 0 Å². The zero-order valence-corrected chi connectivity index (χ0v) is 10.6. The van der Waals surface area contributed by atoms with E-state index in [0.717, 1.165) is 17.5 Å². The van der Waals surface area contributed by atoms with E-state index in [9.17, 15) is 14.7 Å². The van der Waals surface area contributed by atoms with Crippen LogP contribution in [0.15, 0.2) is 36.4 Å². The fraction of sp³-hybridized carbons (Fsp3) is 0.125. The zero-order chi connectivity index (χ0) is 14.3. The highest BCUT2D eigenvalue weighted by Gasteiger charge is 2.26. The first-order valence-corrected chi connectivity index (χ1v) is 6.30. The third-order valence-corrected chi connectivity index (χ3v) is 3.71. The van der Waals surface area contributed by atoms with Gasteiger partial charge in [0.1, 0.15) is 0 Å². The number of fused-ring (bicyclic) bond motifs is 3. The SMILES string of the molecule is O=C(O)c1ccc2c(c1C(=O)O)CCc1ccccc1-2. The van der Waals surface area contributed by atoms with Crippen LogP contribution in [0.5, 0.6) is 0 Å². The minimum Gasteiger partial charge on any atom is -0.478 e. The van der Waals surface area contributed by atoms with Gasteiger partial charge in [-0.25, -0.2) is 9.59 Å². The van der Waals surface area contributed by atoms with Crippen LogP contribution in [0.25, 0.3) is 11.1 Å². The van der Waals surface area contributed by atoms with Crippen LogP contribution in [0, 0.1) is 0 Å². The van der Waals surface area contributed by atoms with Crippen LogP contribution in [0.2, 0.25) is 0 Å². The van der Waals surface area contributed by atoms with Gasteiger partial charge in [0, 0.05) is 0 Å². The van der Waals surface area contributed by atoms with Crippen molar-refractivity contribution >= 4 is 11.9 Å². The van der Waals surface area contributed by atoms with Gasteiger partial charge in [0.05, 0.1) is 11.1 Å². The van der Waals surface area contributed by atoms with E-state index < -0.39 is 11.9 Å². The van der Waals surface area contributed by atoms with Gasteiger partial charge in [0.25, 0.3) is 0 Å². The van der Waals surface area contributed by atoms with Crippen LogP contribution in [-0.4, -0.2) is 22.2 Å². The number of carboxylic acid groups (broad SMARTS) is 2. The normalized spacial score (nSPS) is 12.4. The van der Waals surface area contributed by atoms with E-state index in [1.54, 1.807) is 6.07 Å². The van der Waals surface area contributed by atoms with Gasteiger partial charge in [0.2, 0.25) is 0 Å². The first-order valence-electron chi connectivity index (χ1n) is 6.30. The lowest BCUT2D eigenvalue weighted by molar-refractivity contribution is 0.0650. The van der Waals surface area contributed by atoms with Gasteiger partial charge in [-0.1, -0.05) is 30.3 Å². The van der Waals surface area contributed by atoms with Gasteiger partial charge >= 0.3 is 11.9 Å². The topological polar surface area (TPSA) is 74.6 Å². The first-order chi connectivity index (χ1) is 9.59. The predicted molar refractivity (Wildman–Crippen MR) is 73.2 cm³/mol. The highest BCUT2D eigenvalue weighted by molar-refractivity contribution is 6.04. The van der Waals surface area contributed by atoms with Crippen molar-refractivity contribution in [2.24, 2.45) is 0 Å². The largest absolute Gasteiger partial charge is 0.478 e. The van der Waals surface area contributed by atoms with Crippen molar-refractivity contribution in [3.63, 3.8) is 0 Å². The Bertz CT molecular complexity index is 731. The lowest BCUT2D eigenvalue weighted by atomic mass is 9.82. The summed E-state index contributed by atoms with van der Waals surface area (Å²) in [6.45, 7) is 0. The van der Waals surface area contributed by atoms with Crippen molar-refractivity contribution in [3.05, 3.63) is 58.7 Å². The molecular weight excluding hydrogens is 256 g/mol. The van der Waals surface area contributed by atoms with Crippen molar-refractivity contribution in [1.29, 1.82) is 0 Å². The Morgan fingerprint density at radius 3 is 2.30 bits per heavy atom. The lowest BCUT2D eigenvalue weighted by Gasteiger charge is -2.22. The van der Waals surface area contributed by atoms with E-state index in [1.807, 2.05) is 24.3 Å². The van der Waals surface area contributed by atoms with E-state index >= 15 is 0 Å². The van der Waals surface area contributed by atoms with Crippen LogP contribution in [-0.2, 0) is 12.8 Å². The molecule has 0 aliphatic heterocycles. The molecule has 0 fully saturated rings. The molecule has 0 amide bonds. The summed E-state index contributed by atoms with van der Waals surface area (Å²) in [5.41, 5.74) is 3.39. The Balaban J connectivity index is 2.32. The molecule has 20 heavy (non-hydrogen) atoms. The maximum atomic E-state index is 11.4. The van der Waals surface area contributed by atoms with E-state index in [-0.39, 0.29) is 11.1 Å². The minimum absolute atomic E-state index is 0.0792. The molecule has 4 nitrogen and oxygen atoms in total. The van der Waals surface area contributed by atoms with E-state index in [0.29, 0.717) is 12.0 Å². The van der Waals surface area contributed by atoms with Crippen LogP contribution in [0.4, 0.5) is 0 Å². The van der Waals surface area contributed by atoms with Gasteiger partial charge in [-0.15, -0.1) is 0 Å². The van der Waals surface area contributed by atoms with Gasteiger partial charge in [0.15, 0.2) is 0 Å². The third-order valence-electron chi connectivity index (χ3n) is 3.71. The van der Waals surface area contributed by atoms with Crippen molar-refractivity contribution in [2.45, 2.75) is 12.8 Å². The summed E-state index contributed by atoms with van der Waals surface area (Å²) in [6, 6.07) is 10.9.